The van der Waals surface area contributed by atoms with Gasteiger partial charge in [-0.05, 0) is 56.3 Å². The summed E-state index contributed by atoms with van der Waals surface area (Å²) < 4.78 is 26.6. The van der Waals surface area contributed by atoms with Crippen molar-refractivity contribution in [2.75, 3.05) is 17.0 Å². The van der Waals surface area contributed by atoms with Gasteiger partial charge in [0.2, 0.25) is 10.0 Å². The summed E-state index contributed by atoms with van der Waals surface area (Å²) in [5, 5.41) is 3.40. The molecule has 0 amide bonds. The molecule has 1 atom stereocenters. The zero-order valence-corrected chi connectivity index (χ0v) is 13.0. The van der Waals surface area contributed by atoms with Crippen LogP contribution < -0.4 is 10.0 Å². The van der Waals surface area contributed by atoms with Crippen LogP contribution in [-0.2, 0) is 10.0 Å². The van der Waals surface area contributed by atoms with Crippen molar-refractivity contribution in [1.82, 2.24) is 5.32 Å². The lowest BCUT2D eigenvalue weighted by atomic mass is 10.1. The minimum atomic E-state index is -3.20. The number of hydrogen-bond donors (Lipinski definition) is 2. The van der Waals surface area contributed by atoms with Gasteiger partial charge in [-0.1, -0.05) is 19.1 Å². The van der Waals surface area contributed by atoms with Gasteiger partial charge in [-0.25, -0.2) is 8.42 Å². The van der Waals surface area contributed by atoms with Gasteiger partial charge in [0.15, 0.2) is 0 Å². The van der Waals surface area contributed by atoms with Crippen LogP contribution in [0.15, 0.2) is 24.3 Å². The van der Waals surface area contributed by atoms with Gasteiger partial charge in [-0.2, -0.15) is 0 Å². The van der Waals surface area contributed by atoms with Crippen LogP contribution in [0.25, 0.3) is 0 Å². The number of sulfonamides is 1. The standard InChI is InChI=1S/C15H24N2O2S/c1-3-9-16-12(2)14-5-4-6-15(10-14)17-20(18,19)11-13-7-8-13/h4-6,10,12-13,16-17H,3,7-9,11H2,1-2H3. The molecule has 0 radical (unpaired) electrons. The van der Waals surface area contributed by atoms with Crippen molar-refractivity contribution in [3.05, 3.63) is 29.8 Å². The molecule has 1 aliphatic carbocycles. The summed E-state index contributed by atoms with van der Waals surface area (Å²) in [5.74, 6) is 0.613. The predicted octanol–water partition coefficient (Wildman–Crippen LogP) is 2.90. The first kappa shape index (κ1) is 15.3. The van der Waals surface area contributed by atoms with Gasteiger partial charge >= 0.3 is 0 Å². The molecule has 1 aliphatic rings. The van der Waals surface area contributed by atoms with E-state index < -0.39 is 10.0 Å². The Hall–Kier alpha value is -1.07. The molecule has 2 N–H and O–H groups in total. The Morgan fingerprint density at radius 3 is 2.75 bits per heavy atom. The van der Waals surface area contributed by atoms with E-state index in [1.165, 1.54) is 0 Å². The summed E-state index contributed by atoms with van der Waals surface area (Å²) in [6, 6.07) is 7.86. The summed E-state index contributed by atoms with van der Waals surface area (Å²) in [5.41, 5.74) is 1.76. The molecule has 20 heavy (non-hydrogen) atoms. The Balaban J connectivity index is 2.01. The summed E-state index contributed by atoms with van der Waals surface area (Å²) in [7, 11) is -3.20. The third-order valence-corrected chi connectivity index (χ3v) is 4.97. The fourth-order valence-corrected chi connectivity index (χ4v) is 3.69. The molecular weight excluding hydrogens is 272 g/mol. The SMILES string of the molecule is CCCNC(C)c1cccc(NS(=O)(=O)CC2CC2)c1. The van der Waals surface area contributed by atoms with Crippen molar-refractivity contribution >= 4 is 15.7 Å². The molecule has 0 spiro atoms. The molecule has 112 valence electrons. The maximum absolute atomic E-state index is 12.0. The van der Waals surface area contributed by atoms with Crippen molar-refractivity contribution < 1.29 is 8.42 Å². The molecule has 0 saturated heterocycles. The largest absolute Gasteiger partial charge is 0.310 e. The fourth-order valence-electron chi connectivity index (χ4n) is 2.17. The molecule has 0 aliphatic heterocycles. The number of benzene rings is 1. The van der Waals surface area contributed by atoms with E-state index in [9.17, 15) is 8.42 Å². The smallest absolute Gasteiger partial charge is 0.232 e. The topological polar surface area (TPSA) is 58.2 Å². The Kier molecular flexibility index (Phi) is 5.05. The zero-order chi connectivity index (χ0) is 14.6. The lowest BCUT2D eigenvalue weighted by Gasteiger charge is -2.15. The summed E-state index contributed by atoms with van der Waals surface area (Å²) in [6.45, 7) is 5.18. The number of nitrogens with one attached hydrogen (secondary N) is 2. The van der Waals surface area contributed by atoms with Gasteiger partial charge in [0.1, 0.15) is 0 Å². The van der Waals surface area contributed by atoms with Crippen LogP contribution in [0.4, 0.5) is 5.69 Å². The highest BCUT2D eigenvalue weighted by Crippen LogP contribution is 2.30. The van der Waals surface area contributed by atoms with Crippen LogP contribution in [0.3, 0.4) is 0 Å². The molecule has 0 aromatic heterocycles. The highest BCUT2D eigenvalue weighted by molar-refractivity contribution is 7.92. The zero-order valence-electron chi connectivity index (χ0n) is 12.2. The summed E-state index contributed by atoms with van der Waals surface area (Å²) >= 11 is 0. The number of rotatable bonds is 8. The van der Waals surface area contributed by atoms with E-state index in [4.69, 9.17) is 0 Å². The minimum absolute atomic E-state index is 0.225. The molecule has 2 rings (SSSR count). The first-order valence-corrected chi connectivity index (χ1v) is 8.99. The van der Waals surface area contributed by atoms with Crippen LogP contribution >= 0.6 is 0 Å². The average molecular weight is 296 g/mol. The molecule has 1 fully saturated rings. The first-order valence-electron chi connectivity index (χ1n) is 7.34. The second-order valence-corrected chi connectivity index (χ2v) is 7.40. The lowest BCUT2D eigenvalue weighted by Crippen LogP contribution is -2.20. The van der Waals surface area contributed by atoms with Crippen LogP contribution in [0.1, 0.15) is 44.7 Å². The van der Waals surface area contributed by atoms with Crippen molar-refractivity contribution in [2.45, 2.75) is 39.2 Å². The maximum Gasteiger partial charge on any atom is 0.232 e. The first-order chi connectivity index (χ1) is 9.50. The van der Waals surface area contributed by atoms with Crippen LogP contribution in [0.5, 0.6) is 0 Å². The van der Waals surface area contributed by atoms with Crippen molar-refractivity contribution in [2.24, 2.45) is 5.92 Å². The quantitative estimate of drug-likeness (QED) is 0.775. The van der Waals surface area contributed by atoms with Gasteiger partial charge in [-0.15, -0.1) is 0 Å². The van der Waals surface area contributed by atoms with Crippen molar-refractivity contribution in [1.29, 1.82) is 0 Å². The van der Waals surface area contributed by atoms with E-state index in [2.05, 4.69) is 23.9 Å². The van der Waals surface area contributed by atoms with Crippen LogP contribution in [-0.4, -0.2) is 20.7 Å². The molecule has 0 bridgehead atoms. The monoisotopic (exact) mass is 296 g/mol. The van der Waals surface area contributed by atoms with E-state index in [1.54, 1.807) is 6.07 Å². The molecule has 1 aromatic carbocycles. The van der Waals surface area contributed by atoms with Gasteiger partial charge in [-0.3, -0.25) is 4.72 Å². The van der Waals surface area contributed by atoms with Crippen molar-refractivity contribution in [3.63, 3.8) is 0 Å². The van der Waals surface area contributed by atoms with E-state index in [0.717, 1.165) is 31.4 Å². The molecule has 5 heteroatoms. The highest BCUT2D eigenvalue weighted by atomic mass is 32.2. The number of anilines is 1. The van der Waals surface area contributed by atoms with Gasteiger partial charge in [0, 0.05) is 11.7 Å². The summed E-state index contributed by atoms with van der Waals surface area (Å²) in [6.07, 6.45) is 3.16. The second kappa shape index (κ2) is 6.59. The second-order valence-electron chi connectivity index (χ2n) is 5.63. The van der Waals surface area contributed by atoms with Gasteiger partial charge in [0.25, 0.3) is 0 Å². The van der Waals surface area contributed by atoms with E-state index in [0.29, 0.717) is 11.6 Å². The Morgan fingerprint density at radius 1 is 1.35 bits per heavy atom. The average Bonchev–Trinajstić information content (AvgIpc) is 3.18. The third-order valence-electron chi connectivity index (χ3n) is 3.51. The normalized spacial score (nSPS) is 16.9. The predicted molar refractivity (Wildman–Crippen MR) is 83.3 cm³/mol. The van der Waals surface area contributed by atoms with Crippen molar-refractivity contribution in [3.8, 4) is 0 Å². The minimum Gasteiger partial charge on any atom is -0.310 e. The molecule has 1 aromatic rings. The van der Waals surface area contributed by atoms with Crippen LogP contribution in [0.2, 0.25) is 0 Å². The van der Waals surface area contributed by atoms with Crippen LogP contribution in [0, 0.1) is 5.92 Å². The Bertz CT molecular complexity index is 539. The Labute approximate surface area is 122 Å². The fraction of sp³-hybridized carbons (Fsp3) is 0.600. The molecular formula is C15H24N2O2S. The maximum atomic E-state index is 12.0. The van der Waals surface area contributed by atoms with E-state index in [-0.39, 0.29) is 11.8 Å². The molecule has 1 unspecified atom stereocenters. The summed E-state index contributed by atoms with van der Waals surface area (Å²) in [4.78, 5) is 0. The molecule has 4 nitrogen and oxygen atoms in total. The van der Waals surface area contributed by atoms with Gasteiger partial charge in [0.05, 0.1) is 5.75 Å². The lowest BCUT2D eigenvalue weighted by molar-refractivity contribution is 0.571. The van der Waals surface area contributed by atoms with E-state index >= 15 is 0 Å². The Morgan fingerprint density at radius 2 is 2.10 bits per heavy atom. The third kappa shape index (κ3) is 4.80. The van der Waals surface area contributed by atoms with E-state index in [1.807, 2.05) is 18.2 Å². The number of hydrogen-bond acceptors (Lipinski definition) is 3. The van der Waals surface area contributed by atoms with Gasteiger partial charge < -0.3 is 5.32 Å². The molecule has 0 heterocycles. The molecule has 1 saturated carbocycles. The highest BCUT2D eigenvalue weighted by Gasteiger charge is 2.27.